The zero-order valence-electron chi connectivity index (χ0n) is 12.3. The maximum atomic E-state index is 12.3. The highest BCUT2D eigenvalue weighted by molar-refractivity contribution is 7.80. The van der Waals surface area contributed by atoms with Crippen LogP contribution in [0, 0.1) is 22.7 Å². The van der Waals surface area contributed by atoms with Crippen molar-refractivity contribution in [3.05, 3.63) is 0 Å². The van der Waals surface area contributed by atoms with E-state index in [9.17, 15) is 19.6 Å². The van der Waals surface area contributed by atoms with Crippen LogP contribution in [0.1, 0.15) is 27.2 Å². The summed E-state index contributed by atoms with van der Waals surface area (Å²) in [6.07, 6.45) is -0.366. The topological polar surface area (TPSA) is 108 Å². The number of rotatable bonds is 3. The van der Waals surface area contributed by atoms with Crippen LogP contribution in [0.25, 0.3) is 0 Å². The molecule has 7 nitrogen and oxygen atoms in total. The number of nitrogens with zero attached hydrogens (tertiary/aromatic N) is 1. The van der Waals surface area contributed by atoms with Gasteiger partial charge in [0.25, 0.3) is 0 Å². The lowest BCUT2D eigenvalue weighted by Gasteiger charge is -2.39. The van der Waals surface area contributed by atoms with Crippen molar-refractivity contribution >= 4 is 35.0 Å². The Balaban J connectivity index is 3.34. The smallest absolute Gasteiger partial charge is 0.333 e. The lowest BCUT2D eigenvalue weighted by atomic mass is 9.74. The molecule has 1 heterocycles. The molecule has 1 amide bonds. The summed E-state index contributed by atoms with van der Waals surface area (Å²) in [6.45, 7) is 5.05. The van der Waals surface area contributed by atoms with Crippen molar-refractivity contribution < 1.29 is 19.1 Å². The van der Waals surface area contributed by atoms with Crippen LogP contribution in [0.2, 0.25) is 0 Å². The number of hydrogen-bond donors (Lipinski definition) is 2. The minimum Gasteiger partial charge on any atom is -0.467 e. The Kier molecular flexibility index (Phi) is 4.69. The molecule has 114 valence electrons. The molecule has 0 saturated carbocycles. The molecule has 1 saturated heterocycles. The van der Waals surface area contributed by atoms with Crippen LogP contribution in [0.4, 0.5) is 0 Å². The van der Waals surface area contributed by atoms with E-state index >= 15 is 0 Å². The number of ether oxygens (including phenoxy) is 1. The Bertz CT molecular complexity index is 547. The van der Waals surface area contributed by atoms with Crippen molar-refractivity contribution in [1.29, 1.82) is 5.26 Å². The lowest BCUT2D eigenvalue weighted by molar-refractivity contribution is -0.155. The van der Waals surface area contributed by atoms with E-state index in [1.54, 1.807) is 26.8 Å². The van der Waals surface area contributed by atoms with E-state index in [1.165, 1.54) is 0 Å². The second kappa shape index (κ2) is 5.77. The molecule has 2 atom stereocenters. The van der Waals surface area contributed by atoms with Gasteiger partial charge in [-0.2, -0.15) is 5.26 Å². The number of Topliss-reactive ketones (excluding diaryl/α,β-unsaturated/α-hetero) is 1. The quantitative estimate of drug-likeness (QED) is 0.560. The highest BCUT2D eigenvalue weighted by atomic mass is 32.1. The number of carbonyl (C=O) groups excluding carboxylic acids is 3. The Morgan fingerprint density at radius 3 is 2.48 bits per heavy atom. The average Bonchev–Trinajstić information content (AvgIpc) is 2.35. The third kappa shape index (κ3) is 3.19. The molecule has 21 heavy (non-hydrogen) atoms. The number of ketones is 1. The van der Waals surface area contributed by atoms with Gasteiger partial charge < -0.3 is 15.4 Å². The first-order valence-corrected chi connectivity index (χ1v) is 6.63. The van der Waals surface area contributed by atoms with Gasteiger partial charge in [0.1, 0.15) is 5.78 Å². The summed E-state index contributed by atoms with van der Waals surface area (Å²) >= 11 is 4.87. The predicted molar refractivity (Wildman–Crippen MR) is 76.8 cm³/mol. The van der Waals surface area contributed by atoms with Gasteiger partial charge in [-0.05, 0) is 12.2 Å². The van der Waals surface area contributed by atoms with Gasteiger partial charge in [0.05, 0.1) is 13.2 Å². The number of carbonyl (C=O) groups is 3. The van der Waals surface area contributed by atoms with Crippen molar-refractivity contribution in [1.82, 2.24) is 10.6 Å². The molecule has 1 aliphatic heterocycles. The van der Waals surface area contributed by atoms with Gasteiger partial charge >= 0.3 is 5.97 Å². The monoisotopic (exact) mass is 311 g/mol. The van der Waals surface area contributed by atoms with Crippen molar-refractivity contribution in [3.8, 4) is 6.07 Å². The van der Waals surface area contributed by atoms with Gasteiger partial charge in [-0.25, -0.2) is 4.79 Å². The van der Waals surface area contributed by atoms with Crippen LogP contribution in [-0.2, 0) is 19.1 Å². The predicted octanol–water partition coefficient (Wildman–Crippen LogP) is 0.0476. The van der Waals surface area contributed by atoms with Gasteiger partial charge in [0.2, 0.25) is 5.91 Å². The van der Waals surface area contributed by atoms with E-state index in [0.29, 0.717) is 0 Å². The molecule has 0 spiro atoms. The summed E-state index contributed by atoms with van der Waals surface area (Å²) < 4.78 is 4.69. The van der Waals surface area contributed by atoms with Gasteiger partial charge in [-0.15, -0.1) is 0 Å². The Morgan fingerprint density at radius 1 is 1.48 bits per heavy atom. The van der Waals surface area contributed by atoms with Gasteiger partial charge in [-0.3, -0.25) is 9.59 Å². The summed E-state index contributed by atoms with van der Waals surface area (Å²) in [5, 5.41) is 14.0. The average molecular weight is 311 g/mol. The van der Waals surface area contributed by atoms with E-state index in [1.807, 2.05) is 0 Å². The van der Waals surface area contributed by atoms with Crippen molar-refractivity contribution in [2.24, 2.45) is 11.3 Å². The van der Waals surface area contributed by atoms with Crippen LogP contribution in [-0.4, -0.2) is 35.4 Å². The van der Waals surface area contributed by atoms with Crippen molar-refractivity contribution in [2.75, 3.05) is 7.11 Å². The third-order valence-corrected chi connectivity index (χ3v) is 3.49. The largest absolute Gasteiger partial charge is 0.467 e. The van der Waals surface area contributed by atoms with Crippen LogP contribution in [0.15, 0.2) is 0 Å². The van der Waals surface area contributed by atoms with Crippen molar-refractivity contribution in [3.63, 3.8) is 0 Å². The van der Waals surface area contributed by atoms with Crippen LogP contribution in [0.5, 0.6) is 0 Å². The number of esters is 1. The first-order chi connectivity index (χ1) is 9.58. The van der Waals surface area contributed by atoms with E-state index in [-0.39, 0.29) is 17.3 Å². The standard InChI is InChI=1S/C13H17N3O4S/c1-12(2,3)8(17)5-13(10(19)20-4)7(6-14)9(18)15-11(21)16-13/h7H,5H2,1-4H3,(H2,15,16,18,21)/t7-,13-/m0/s1. The van der Waals surface area contributed by atoms with E-state index in [2.05, 4.69) is 10.6 Å². The molecular weight excluding hydrogens is 294 g/mol. The molecule has 0 aromatic carbocycles. The molecule has 8 heteroatoms. The molecule has 1 rings (SSSR count). The highest BCUT2D eigenvalue weighted by Crippen LogP contribution is 2.30. The zero-order chi connectivity index (χ0) is 16.4. The van der Waals surface area contributed by atoms with Crippen LogP contribution >= 0.6 is 12.2 Å². The van der Waals surface area contributed by atoms with Gasteiger partial charge in [0, 0.05) is 11.8 Å². The molecule has 0 unspecified atom stereocenters. The molecule has 0 aliphatic carbocycles. The number of amides is 1. The molecule has 2 N–H and O–H groups in total. The van der Waals surface area contributed by atoms with Crippen LogP contribution in [0.3, 0.4) is 0 Å². The van der Waals surface area contributed by atoms with E-state index in [4.69, 9.17) is 17.0 Å². The first kappa shape index (κ1) is 17.0. The summed E-state index contributed by atoms with van der Waals surface area (Å²) in [7, 11) is 1.12. The number of hydrogen-bond acceptors (Lipinski definition) is 6. The first-order valence-electron chi connectivity index (χ1n) is 6.23. The minimum absolute atomic E-state index is 0.112. The maximum Gasteiger partial charge on any atom is 0.333 e. The fraction of sp³-hybridized carbons (Fsp3) is 0.615. The fourth-order valence-electron chi connectivity index (χ4n) is 1.97. The normalized spacial score (nSPS) is 25.4. The number of thiocarbonyl (C=S) groups is 1. The second-order valence-electron chi connectivity index (χ2n) is 5.82. The molecule has 1 aliphatic rings. The van der Waals surface area contributed by atoms with Crippen molar-refractivity contribution in [2.45, 2.75) is 32.7 Å². The summed E-state index contributed by atoms with van der Waals surface area (Å²) in [5.41, 5.74) is -2.54. The Labute approximate surface area is 128 Å². The molecule has 0 aromatic rings. The molecule has 0 aromatic heterocycles. The SMILES string of the molecule is COC(=O)[C@@]1(CC(=O)C(C)(C)C)NC(=S)NC(=O)[C@@H]1C#N. The minimum atomic E-state index is -1.80. The highest BCUT2D eigenvalue weighted by Gasteiger charge is 2.56. The fourth-order valence-corrected chi connectivity index (χ4v) is 2.25. The Morgan fingerprint density at radius 2 is 2.05 bits per heavy atom. The van der Waals surface area contributed by atoms with Gasteiger partial charge in [-0.1, -0.05) is 20.8 Å². The molecule has 0 radical (unpaired) electrons. The van der Waals surface area contributed by atoms with Crippen LogP contribution < -0.4 is 10.6 Å². The number of methoxy groups -OCH3 is 1. The third-order valence-electron chi connectivity index (χ3n) is 3.28. The van der Waals surface area contributed by atoms with Gasteiger partial charge in [0.15, 0.2) is 16.6 Å². The van der Waals surface area contributed by atoms with E-state index in [0.717, 1.165) is 7.11 Å². The molecule has 1 fully saturated rings. The maximum absolute atomic E-state index is 12.3. The summed E-state index contributed by atoms with van der Waals surface area (Å²) in [4.78, 5) is 36.4. The zero-order valence-corrected chi connectivity index (χ0v) is 13.1. The second-order valence-corrected chi connectivity index (χ2v) is 6.23. The number of nitrogens with one attached hydrogen (secondary N) is 2. The summed E-state index contributed by atoms with van der Waals surface area (Å²) in [5.74, 6) is -3.31. The molecule has 0 bridgehead atoms. The summed E-state index contributed by atoms with van der Waals surface area (Å²) in [6, 6.07) is 1.75. The number of nitriles is 1. The van der Waals surface area contributed by atoms with E-state index < -0.39 is 28.7 Å². The lowest BCUT2D eigenvalue weighted by Crippen LogP contribution is -2.70. The Hall–Kier alpha value is -2.01. The molecular formula is C13H17N3O4S.